The SMILES string of the molecule is CCCNc1nc(C)nc(Nc2ccc(Br)cc2F)c1C. The van der Waals surface area contributed by atoms with E-state index in [1.807, 2.05) is 13.8 Å². The van der Waals surface area contributed by atoms with Crippen LogP contribution < -0.4 is 10.6 Å². The molecule has 4 nitrogen and oxygen atoms in total. The molecule has 0 spiro atoms. The summed E-state index contributed by atoms with van der Waals surface area (Å²) in [4.78, 5) is 8.75. The van der Waals surface area contributed by atoms with Crippen LogP contribution in [0.5, 0.6) is 0 Å². The molecule has 0 aliphatic carbocycles. The number of hydrogen-bond donors (Lipinski definition) is 2. The molecule has 0 amide bonds. The Morgan fingerprint density at radius 3 is 2.57 bits per heavy atom. The Kier molecular flexibility index (Phi) is 5.12. The fourth-order valence-corrected chi connectivity index (χ4v) is 2.22. The number of hydrogen-bond acceptors (Lipinski definition) is 4. The molecule has 0 atom stereocenters. The van der Waals surface area contributed by atoms with Crippen LogP contribution in [-0.2, 0) is 0 Å². The van der Waals surface area contributed by atoms with Crippen molar-refractivity contribution >= 4 is 33.3 Å². The van der Waals surface area contributed by atoms with E-state index in [0.717, 1.165) is 24.3 Å². The van der Waals surface area contributed by atoms with Crippen LogP contribution in [0.25, 0.3) is 0 Å². The van der Waals surface area contributed by atoms with Gasteiger partial charge in [-0.15, -0.1) is 0 Å². The minimum atomic E-state index is -0.330. The highest BCUT2D eigenvalue weighted by atomic mass is 79.9. The molecule has 0 aliphatic heterocycles. The normalized spacial score (nSPS) is 10.5. The summed E-state index contributed by atoms with van der Waals surface area (Å²) >= 11 is 3.24. The summed E-state index contributed by atoms with van der Waals surface area (Å²) in [6, 6.07) is 4.88. The third-order valence-electron chi connectivity index (χ3n) is 2.98. The predicted molar refractivity (Wildman–Crippen MR) is 87.7 cm³/mol. The number of aromatic nitrogens is 2. The van der Waals surface area contributed by atoms with Crippen molar-refractivity contribution in [2.45, 2.75) is 27.2 Å². The maximum Gasteiger partial charge on any atom is 0.147 e. The van der Waals surface area contributed by atoms with Gasteiger partial charge in [-0.3, -0.25) is 0 Å². The topological polar surface area (TPSA) is 49.8 Å². The van der Waals surface area contributed by atoms with Crippen LogP contribution in [0.1, 0.15) is 24.7 Å². The first-order valence-electron chi connectivity index (χ1n) is 6.82. The lowest BCUT2D eigenvalue weighted by Gasteiger charge is -2.14. The number of nitrogens with one attached hydrogen (secondary N) is 2. The zero-order chi connectivity index (χ0) is 15.4. The lowest BCUT2D eigenvalue weighted by atomic mass is 10.2. The van der Waals surface area contributed by atoms with Crippen molar-refractivity contribution in [1.82, 2.24) is 9.97 Å². The van der Waals surface area contributed by atoms with Gasteiger partial charge >= 0.3 is 0 Å². The van der Waals surface area contributed by atoms with E-state index in [0.29, 0.717) is 21.8 Å². The summed E-state index contributed by atoms with van der Waals surface area (Å²) in [7, 11) is 0. The Morgan fingerprint density at radius 1 is 1.19 bits per heavy atom. The monoisotopic (exact) mass is 352 g/mol. The predicted octanol–water partition coefficient (Wildman–Crippen LogP) is 4.56. The molecule has 0 saturated heterocycles. The molecule has 112 valence electrons. The second kappa shape index (κ2) is 6.85. The molecule has 0 radical (unpaired) electrons. The molecule has 2 aromatic rings. The van der Waals surface area contributed by atoms with E-state index in [2.05, 4.69) is 43.5 Å². The number of aryl methyl sites for hydroxylation is 1. The molecule has 0 saturated carbocycles. The van der Waals surface area contributed by atoms with Crippen molar-refractivity contribution in [3.63, 3.8) is 0 Å². The van der Waals surface area contributed by atoms with Crippen LogP contribution in [-0.4, -0.2) is 16.5 Å². The van der Waals surface area contributed by atoms with Crippen molar-refractivity contribution in [2.75, 3.05) is 17.2 Å². The minimum Gasteiger partial charge on any atom is -0.370 e. The summed E-state index contributed by atoms with van der Waals surface area (Å²) in [6.07, 6.45) is 1.01. The van der Waals surface area contributed by atoms with Crippen molar-refractivity contribution in [3.8, 4) is 0 Å². The standard InChI is InChI=1S/C15H18BrFN4/c1-4-7-18-14-9(2)15(20-10(3)19-14)21-13-6-5-11(16)8-12(13)17/h5-6,8H,4,7H2,1-3H3,(H2,18,19,20,21). The van der Waals surface area contributed by atoms with Gasteiger partial charge < -0.3 is 10.6 Å². The molecule has 6 heteroatoms. The highest BCUT2D eigenvalue weighted by molar-refractivity contribution is 9.10. The van der Waals surface area contributed by atoms with E-state index >= 15 is 0 Å². The largest absolute Gasteiger partial charge is 0.370 e. The van der Waals surface area contributed by atoms with E-state index in [4.69, 9.17) is 0 Å². The summed E-state index contributed by atoms with van der Waals surface area (Å²) in [5.41, 5.74) is 1.26. The first-order valence-corrected chi connectivity index (χ1v) is 7.61. The molecule has 1 aromatic carbocycles. The average molecular weight is 353 g/mol. The molecule has 21 heavy (non-hydrogen) atoms. The van der Waals surface area contributed by atoms with Crippen LogP contribution in [0.3, 0.4) is 0 Å². The lowest BCUT2D eigenvalue weighted by Crippen LogP contribution is -2.09. The number of benzene rings is 1. The van der Waals surface area contributed by atoms with Crippen LogP contribution in [0.2, 0.25) is 0 Å². The fraction of sp³-hybridized carbons (Fsp3) is 0.333. The maximum absolute atomic E-state index is 13.9. The van der Waals surface area contributed by atoms with Crippen LogP contribution in [0.4, 0.5) is 21.7 Å². The van der Waals surface area contributed by atoms with Gasteiger partial charge in [0.2, 0.25) is 0 Å². The van der Waals surface area contributed by atoms with Gasteiger partial charge in [0.25, 0.3) is 0 Å². The minimum absolute atomic E-state index is 0.330. The molecule has 0 unspecified atom stereocenters. The van der Waals surface area contributed by atoms with E-state index in [1.54, 1.807) is 12.1 Å². The lowest BCUT2D eigenvalue weighted by molar-refractivity contribution is 0.631. The van der Waals surface area contributed by atoms with Gasteiger partial charge in [0, 0.05) is 16.6 Å². The summed E-state index contributed by atoms with van der Waals surface area (Å²) in [6.45, 7) is 6.66. The van der Waals surface area contributed by atoms with E-state index in [1.165, 1.54) is 6.07 Å². The second-order valence-electron chi connectivity index (χ2n) is 4.77. The third kappa shape index (κ3) is 3.91. The van der Waals surface area contributed by atoms with Crippen molar-refractivity contribution in [1.29, 1.82) is 0 Å². The first kappa shape index (κ1) is 15.7. The average Bonchev–Trinajstić information content (AvgIpc) is 2.43. The highest BCUT2D eigenvalue weighted by Crippen LogP contribution is 2.26. The molecule has 1 heterocycles. The molecule has 0 fully saturated rings. The Labute approximate surface area is 132 Å². The smallest absolute Gasteiger partial charge is 0.147 e. The van der Waals surface area contributed by atoms with Crippen molar-refractivity contribution < 1.29 is 4.39 Å². The number of halogens is 2. The quantitative estimate of drug-likeness (QED) is 0.827. The van der Waals surface area contributed by atoms with Gasteiger partial charge in [0.05, 0.1) is 5.69 Å². The van der Waals surface area contributed by atoms with Crippen LogP contribution in [0.15, 0.2) is 22.7 Å². The van der Waals surface area contributed by atoms with E-state index in [-0.39, 0.29) is 5.82 Å². The van der Waals surface area contributed by atoms with Crippen molar-refractivity contribution in [2.24, 2.45) is 0 Å². The Morgan fingerprint density at radius 2 is 1.90 bits per heavy atom. The Bertz CT molecular complexity index is 646. The summed E-state index contributed by atoms with van der Waals surface area (Å²) in [5.74, 6) is 1.70. The fourth-order valence-electron chi connectivity index (χ4n) is 1.88. The van der Waals surface area contributed by atoms with Gasteiger partial charge in [-0.1, -0.05) is 22.9 Å². The van der Waals surface area contributed by atoms with E-state index < -0.39 is 0 Å². The zero-order valence-corrected chi connectivity index (χ0v) is 13.9. The molecule has 2 rings (SSSR count). The molecular weight excluding hydrogens is 335 g/mol. The number of anilines is 3. The molecule has 2 N–H and O–H groups in total. The summed E-state index contributed by atoms with van der Waals surface area (Å²) < 4.78 is 14.6. The Hall–Kier alpha value is -1.69. The first-order chi connectivity index (χ1) is 10.0. The van der Waals surface area contributed by atoms with Crippen LogP contribution >= 0.6 is 15.9 Å². The zero-order valence-electron chi connectivity index (χ0n) is 12.3. The van der Waals surface area contributed by atoms with Crippen LogP contribution in [0, 0.1) is 19.7 Å². The Balaban J connectivity index is 2.32. The summed E-state index contributed by atoms with van der Waals surface area (Å²) in [5, 5.41) is 6.30. The number of nitrogens with zero attached hydrogens (tertiary/aromatic N) is 2. The van der Waals surface area contributed by atoms with E-state index in [9.17, 15) is 4.39 Å². The molecular formula is C15H18BrFN4. The third-order valence-corrected chi connectivity index (χ3v) is 3.48. The van der Waals surface area contributed by atoms with Gasteiger partial charge in [0.1, 0.15) is 23.3 Å². The van der Waals surface area contributed by atoms with Gasteiger partial charge in [-0.25, -0.2) is 14.4 Å². The van der Waals surface area contributed by atoms with Gasteiger partial charge in [0.15, 0.2) is 0 Å². The molecule has 1 aromatic heterocycles. The van der Waals surface area contributed by atoms with Gasteiger partial charge in [-0.2, -0.15) is 0 Å². The van der Waals surface area contributed by atoms with Gasteiger partial charge in [-0.05, 0) is 38.5 Å². The highest BCUT2D eigenvalue weighted by Gasteiger charge is 2.11. The maximum atomic E-state index is 13.9. The second-order valence-corrected chi connectivity index (χ2v) is 5.68. The molecule has 0 aliphatic rings. The van der Waals surface area contributed by atoms with Crippen molar-refractivity contribution in [3.05, 3.63) is 39.9 Å². The molecule has 0 bridgehead atoms. The number of rotatable bonds is 5.